The lowest BCUT2D eigenvalue weighted by atomic mass is 10.1. The number of sulfone groups is 1. The fourth-order valence-electron chi connectivity index (χ4n) is 2.10. The van der Waals surface area contributed by atoms with Crippen LogP contribution in [0.2, 0.25) is 0 Å². The molecule has 0 saturated heterocycles. The first-order valence-corrected chi connectivity index (χ1v) is 9.04. The molecule has 0 aliphatic rings. The van der Waals surface area contributed by atoms with Crippen LogP contribution in [0, 0.1) is 5.82 Å². The van der Waals surface area contributed by atoms with Crippen molar-refractivity contribution in [1.82, 2.24) is 5.32 Å². The van der Waals surface area contributed by atoms with E-state index in [-0.39, 0.29) is 23.0 Å². The summed E-state index contributed by atoms with van der Waals surface area (Å²) in [5.74, 6) is -0.422. The van der Waals surface area contributed by atoms with Gasteiger partial charge in [0.15, 0.2) is 9.84 Å². The minimum Gasteiger partial charge on any atom is -0.355 e. The summed E-state index contributed by atoms with van der Waals surface area (Å²) in [4.78, 5) is 12.1. The van der Waals surface area contributed by atoms with Gasteiger partial charge in [0.1, 0.15) is 5.82 Å². The van der Waals surface area contributed by atoms with Gasteiger partial charge in [-0.1, -0.05) is 24.3 Å². The maximum atomic E-state index is 12.8. The molecule has 0 radical (unpaired) electrons. The highest BCUT2D eigenvalue weighted by Gasteiger charge is 2.08. The van der Waals surface area contributed by atoms with Crippen LogP contribution in [0.1, 0.15) is 11.1 Å². The SMILES string of the molecule is CS(=O)(=O)c1ccc(CC(=O)NCCc2ccc(F)cc2)cc1. The molecular weight excluding hydrogens is 317 g/mol. The quantitative estimate of drug-likeness (QED) is 0.880. The molecule has 0 aliphatic heterocycles. The van der Waals surface area contributed by atoms with Crippen LogP contribution in [0.5, 0.6) is 0 Å². The summed E-state index contributed by atoms with van der Waals surface area (Å²) in [6.07, 6.45) is 1.96. The molecule has 2 rings (SSSR count). The molecule has 0 heterocycles. The maximum Gasteiger partial charge on any atom is 0.224 e. The van der Waals surface area contributed by atoms with Crippen LogP contribution in [0.25, 0.3) is 0 Å². The maximum absolute atomic E-state index is 12.8. The van der Waals surface area contributed by atoms with E-state index in [1.807, 2.05) is 0 Å². The Labute approximate surface area is 135 Å². The molecule has 0 atom stereocenters. The van der Waals surface area contributed by atoms with Crippen molar-refractivity contribution in [3.05, 3.63) is 65.5 Å². The highest BCUT2D eigenvalue weighted by Crippen LogP contribution is 2.10. The second-order valence-electron chi connectivity index (χ2n) is 5.32. The third-order valence-electron chi connectivity index (χ3n) is 3.37. The Balaban J connectivity index is 1.81. The van der Waals surface area contributed by atoms with Crippen LogP contribution >= 0.6 is 0 Å². The highest BCUT2D eigenvalue weighted by atomic mass is 32.2. The largest absolute Gasteiger partial charge is 0.355 e. The molecule has 4 nitrogen and oxygen atoms in total. The van der Waals surface area contributed by atoms with E-state index in [9.17, 15) is 17.6 Å². The van der Waals surface area contributed by atoms with E-state index in [1.165, 1.54) is 24.3 Å². The van der Waals surface area contributed by atoms with Crippen molar-refractivity contribution in [2.45, 2.75) is 17.7 Å². The monoisotopic (exact) mass is 335 g/mol. The first kappa shape index (κ1) is 17.1. The standard InChI is InChI=1S/C17H18FNO3S/c1-23(21,22)16-8-4-14(5-9-16)12-17(20)19-11-10-13-2-6-15(18)7-3-13/h2-9H,10-12H2,1H3,(H,19,20). The molecule has 6 heteroatoms. The van der Waals surface area contributed by atoms with E-state index < -0.39 is 9.84 Å². The van der Waals surface area contributed by atoms with Crippen LogP contribution in [0.4, 0.5) is 4.39 Å². The molecule has 122 valence electrons. The predicted molar refractivity (Wildman–Crippen MR) is 86.4 cm³/mol. The number of nitrogens with one attached hydrogen (secondary N) is 1. The molecule has 2 aromatic rings. The third kappa shape index (κ3) is 5.49. The van der Waals surface area contributed by atoms with Gasteiger partial charge in [-0.05, 0) is 41.8 Å². The van der Waals surface area contributed by atoms with E-state index in [0.717, 1.165) is 17.4 Å². The molecule has 1 N–H and O–H groups in total. The minimum atomic E-state index is -3.22. The molecule has 0 aliphatic carbocycles. The van der Waals surface area contributed by atoms with Gasteiger partial charge in [-0.25, -0.2) is 12.8 Å². The van der Waals surface area contributed by atoms with Gasteiger partial charge >= 0.3 is 0 Å². The highest BCUT2D eigenvalue weighted by molar-refractivity contribution is 7.90. The van der Waals surface area contributed by atoms with Gasteiger partial charge in [0.05, 0.1) is 11.3 Å². The smallest absolute Gasteiger partial charge is 0.224 e. The Morgan fingerprint density at radius 1 is 1.00 bits per heavy atom. The lowest BCUT2D eigenvalue weighted by Gasteiger charge is -2.06. The van der Waals surface area contributed by atoms with E-state index in [1.54, 1.807) is 24.3 Å². The van der Waals surface area contributed by atoms with Crippen molar-refractivity contribution in [3.63, 3.8) is 0 Å². The summed E-state index contributed by atoms with van der Waals surface area (Å²) in [6.45, 7) is 0.464. The average Bonchev–Trinajstić information content (AvgIpc) is 2.49. The molecule has 0 unspecified atom stereocenters. The zero-order chi connectivity index (χ0) is 16.9. The van der Waals surface area contributed by atoms with Crippen LogP contribution in [-0.4, -0.2) is 27.1 Å². The van der Waals surface area contributed by atoms with Gasteiger partial charge < -0.3 is 5.32 Å². The van der Waals surface area contributed by atoms with Gasteiger partial charge in [0.2, 0.25) is 5.91 Å². The second-order valence-corrected chi connectivity index (χ2v) is 7.34. The van der Waals surface area contributed by atoms with Crippen LogP contribution in [-0.2, 0) is 27.5 Å². The lowest BCUT2D eigenvalue weighted by molar-refractivity contribution is -0.120. The number of hydrogen-bond acceptors (Lipinski definition) is 3. The third-order valence-corrected chi connectivity index (χ3v) is 4.49. The Morgan fingerprint density at radius 3 is 2.13 bits per heavy atom. The van der Waals surface area contributed by atoms with E-state index in [2.05, 4.69) is 5.32 Å². The average molecular weight is 335 g/mol. The van der Waals surface area contributed by atoms with Crippen LogP contribution < -0.4 is 5.32 Å². The Hall–Kier alpha value is -2.21. The van der Waals surface area contributed by atoms with Crippen LogP contribution in [0.15, 0.2) is 53.4 Å². The summed E-state index contributed by atoms with van der Waals surface area (Å²) in [6, 6.07) is 12.4. The summed E-state index contributed by atoms with van der Waals surface area (Å²) >= 11 is 0. The normalized spacial score (nSPS) is 11.2. The second kappa shape index (κ2) is 7.37. The Morgan fingerprint density at radius 2 is 1.57 bits per heavy atom. The van der Waals surface area contributed by atoms with Crippen molar-refractivity contribution in [2.75, 3.05) is 12.8 Å². The zero-order valence-corrected chi connectivity index (χ0v) is 13.6. The topological polar surface area (TPSA) is 63.2 Å². The fourth-order valence-corrected chi connectivity index (χ4v) is 2.73. The molecule has 0 aromatic heterocycles. The van der Waals surface area contributed by atoms with Crippen molar-refractivity contribution in [2.24, 2.45) is 0 Å². The molecule has 0 fully saturated rings. The number of benzene rings is 2. The molecular formula is C17H18FNO3S. The zero-order valence-electron chi connectivity index (χ0n) is 12.8. The van der Waals surface area contributed by atoms with E-state index in [0.29, 0.717) is 13.0 Å². The summed E-state index contributed by atoms with van der Waals surface area (Å²) in [5.41, 5.74) is 1.70. The number of carbonyl (C=O) groups is 1. The van der Waals surface area contributed by atoms with Gasteiger partial charge in [0.25, 0.3) is 0 Å². The molecule has 2 aromatic carbocycles. The van der Waals surface area contributed by atoms with Gasteiger partial charge in [0, 0.05) is 12.8 Å². The first-order chi connectivity index (χ1) is 10.8. The van der Waals surface area contributed by atoms with E-state index >= 15 is 0 Å². The summed E-state index contributed by atoms with van der Waals surface area (Å²) < 4.78 is 35.5. The minimum absolute atomic E-state index is 0.140. The lowest BCUT2D eigenvalue weighted by Crippen LogP contribution is -2.27. The number of carbonyl (C=O) groups excluding carboxylic acids is 1. The molecule has 0 bridgehead atoms. The molecule has 0 spiro atoms. The molecule has 23 heavy (non-hydrogen) atoms. The first-order valence-electron chi connectivity index (χ1n) is 7.15. The van der Waals surface area contributed by atoms with Crippen molar-refractivity contribution < 1.29 is 17.6 Å². The summed E-state index contributed by atoms with van der Waals surface area (Å²) in [5, 5.41) is 2.79. The van der Waals surface area contributed by atoms with Gasteiger partial charge in [-0.2, -0.15) is 0 Å². The number of hydrogen-bond donors (Lipinski definition) is 1. The number of halogens is 1. The fraction of sp³-hybridized carbons (Fsp3) is 0.235. The van der Waals surface area contributed by atoms with Crippen molar-refractivity contribution in [3.8, 4) is 0 Å². The Bertz CT molecular complexity index is 768. The predicted octanol–water partition coefficient (Wildman–Crippen LogP) is 2.13. The van der Waals surface area contributed by atoms with Gasteiger partial charge in [-0.15, -0.1) is 0 Å². The van der Waals surface area contributed by atoms with Crippen LogP contribution in [0.3, 0.4) is 0 Å². The summed E-state index contributed by atoms with van der Waals surface area (Å²) in [7, 11) is -3.22. The van der Waals surface area contributed by atoms with Crippen molar-refractivity contribution in [1.29, 1.82) is 0 Å². The van der Waals surface area contributed by atoms with Gasteiger partial charge in [-0.3, -0.25) is 4.79 Å². The Kier molecular flexibility index (Phi) is 5.50. The number of rotatable bonds is 6. The van der Waals surface area contributed by atoms with E-state index in [4.69, 9.17) is 0 Å². The van der Waals surface area contributed by atoms with Crippen molar-refractivity contribution >= 4 is 15.7 Å². The number of amides is 1. The molecule has 1 amide bonds. The molecule has 0 saturated carbocycles.